The van der Waals surface area contributed by atoms with Crippen LogP contribution in [0.5, 0.6) is 11.5 Å². The Balaban J connectivity index is 2.22. The van der Waals surface area contributed by atoms with Crippen LogP contribution in [0.2, 0.25) is 5.02 Å². The maximum absolute atomic E-state index is 11.0. The standard InChI is InChI=1S/C13H9BrClNO2/c14-8-1-3-9(4-2-8)18-10-5-6-11(13(16)17)12(15)7-10/h1-7H,(H2,16,17). The molecule has 0 aliphatic carbocycles. The first-order valence-corrected chi connectivity index (χ1v) is 6.26. The molecule has 0 unspecified atom stereocenters. The first kappa shape index (κ1) is 12.9. The van der Waals surface area contributed by atoms with Gasteiger partial charge in [0.2, 0.25) is 5.91 Å². The van der Waals surface area contributed by atoms with Gasteiger partial charge in [-0.3, -0.25) is 4.79 Å². The quantitative estimate of drug-likeness (QED) is 0.927. The summed E-state index contributed by atoms with van der Waals surface area (Å²) >= 11 is 9.27. The Kier molecular flexibility index (Phi) is 3.89. The van der Waals surface area contributed by atoms with E-state index in [0.29, 0.717) is 11.5 Å². The lowest BCUT2D eigenvalue weighted by Gasteiger charge is -2.07. The predicted octanol–water partition coefficient (Wildman–Crippen LogP) is 3.99. The van der Waals surface area contributed by atoms with E-state index in [2.05, 4.69) is 15.9 Å². The van der Waals surface area contributed by atoms with Crippen LogP contribution in [0.1, 0.15) is 10.4 Å². The summed E-state index contributed by atoms with van der Waals surface area (Å²) in [5, 5.41) is 0.275. The zero-order chi connectivity index (χ0) is 13.1. The van der Waals surface area contributed by atoms with Crippen molar-refractivity contribution in [2.75, 3.05) is 0 Å². The van der Waals surface area contributed by atoms with E-state index in [1.54, 1.807) is 18.2 Å². The maximum Gasteiger partial charge on any atom is 0.250 e. The summed E-state index contributed by atoms with van der Waals surface area (Å²) in [5.74, 6) is 0.670. The Hall–Kier alpha value is -1.52. The molecule has 0 saturated carbocycles. The van der Waals surface area contributed by atoms with Gasteiger partial charge in [0, 0.05) is 10.5 Å². The van der Waals surface area contributed by atoms with Gasteiger partial charge in [0.25, 0.3) is 0 Å². The number of halogens is 2. The Morgan fingerprint density at radius 2 is 1.72 bits per heavy atom. The van der Waals surface area contributed by atoms with Crippen molar-refractivity contribution in [2.45, 2.75) is 0 Å². The molecule has 2 aromatic carbocycles. The number of primary amides is 1. The van der Waals surface area contributed by atoms with Gasteiger partial charge in [0.1, 0.15) is 11.5 Å². The summed E-state index contributed by atoms with van der Waals surface area (Å²) in [7, 11) is 0. The summed E-state index contributed by atoms with van der Waals surface area (Å²) in [6, 6.07) is 12.1. The molecule has 0 saturated heterocycles. The van der Waals surface area contributed by atoms with E-state index in [1.165, 1.54) is 0 Å². The minimum Gasteiger partial charge on any atom is -0.457 e. The summed E-state index contributed by atoms with van der Waals surface area (Å²) in [6.45, 7) is 0. The van der Waals surface area contributed by atoms with Crippen LogP contribution in [0.3, 0.4) is 0 Å². The van der Waals surface area contributed by atoms with Gasteiger partial charge in [0.05, 0.1) is 10.6 Å². The van der Waals surface area contributed by atoms with Gasteiger partial charge in [-0.2, -0.15) is 0 Å². The van der Waals surface area contributed by atoms with Crippen LogP contribution in [0.4, 0.5) is 0 Å². The summed E-state index contributed by atoms with van der Waals surface area (Å²) < 4.78 is 6.56. The topological polar surface area (TPSA) is 52.3 Å². The highest BCUT2D eigenvalue weighted by molar-refractivity contribution is 9.10. The van der Waals surface area contributed by atoms with Gasteiger partial charge >= 0.3 is 0 Å². The molecular formula is C13H9BrClNO2. The smallest absolute Gasteiger partial charge is 0.250 e. The fourth-order valence-electron chi connectivity index (χ4n) is 1.40. The summed E-state index contributed by atoms with van der Waals surface area (Å²) in [6.07, 6.45) is 0. The van der Waals surface area contributed by atoms with E-state index in [9.17, 15) is 4.79 Å². The van der Waals surface area contributed by atoms with Crippen LogP contribution in [0, 0.1) is 0 Å². The van der Waals surface area contributed by atoms with Crippen molar-refractivity contribution in [3.63, 3.8) is 0 Å². The summed E-state index contributed by atoms with van der Waals surface area (Å²) in [5.41, 5.74) is 5.44. The number of nitrogens with two attached hydrogens (primary N) is 1. The van der Waals surface area contributed by atoms with Crippen molar-refractivity contribution in [3.05, 3.63) is 57.5 Å². The lowest BCUT2D eigenvalue weighted by atomic mass is 10.2. The van der Waals surface area contributed by atoms with E-state index >= 15 is 0 Å². The van der Waals surface area contributed by atoms with Crippen molar-refractivity contribution in [1.29, 1.82) is 0 Å². The van der Waals surface area contributed by atoms with E-state index < -0.39 is 5.91 Å². The molecule has 2 aromatic rings. The maximum atomic E-state index is 11.0. The summed E-state index contributed by atoms with van der Waals surface area (Å²) in [4.78, 5) is 11.0. The van der Waals surface area contributed by atoms with Gasteiger partial charge in [-0.25, -0.2) is 0 Å². The Morgan fingerprint density at radius 3 is 2.28 bits per heavy atom. The minimum atomic E-state index is -0.560. The van der Waals surface area contributed by atoms with Crippen molar-refractivity contribution >= 4 is 33.4 Å². The van der Waals surface area contributed by atoms with Crippen LogP contribution < -0.4 is 10.5 Å². The number of rotatable bonds is 3. The fraction of sp³-hybridized carbons (Fsp3) is 0. The van der Waals surface area contributed by atoms with Crippen LogP contribution >= 0.6 is 27.5 Å². The predicted molar refractivity (Wildman–Crippen MR) is 74.2 cm³/mol. The molecule has 0 aromatic heterocycles. The highest BCUT2D eigenvalue weighted by Gasteiger charge is 2.08. The second-order valence-electron chi connectivity index (χ2n) is 3.56. The van der Waals surface area contributed by atoms with Crippen LogP contribution in [0.15, 0.2) is 46.9 Å². The minimum absolute atomic E-state index is 0.275. The number of hydrogen-bond donors (Lipinski definition) is 1. The zero-order valence-electron chi connectivity index (χ0n) is 9.19. The van der Waals surface area contributed by atoms with Gasteiger partial charge in [-0.1, -0.05) is 27.5 Å². The Labute approximate surface area is 118 Å². The second kappa shape index (κ2) is 5.42. The van der Waals surface area contributed by atoms with Crippen molar-refractivity contribution in [2.24, 2.45) is 5.73 Å². The first-order chi connectivity index (χ1) is 8.56. The van der Waals surface area contributed by atoms with E-state index in [0.717, 1.165) is 4.47 Å². The molecule has 2 rings (SSSR count). The van der Waals surface area contributed by atoms with E-state index in [4.69, 9.17) is 22.1 Å². The molecule has 0 spiro atoms. The highest BCUT2D eigenvalue weighted by atomic mass is 79.9. The molecule has 0 heterocycles. The molecule has 0 fully saturated rings. The van der Waals surface area contributed by atoms with Crippen molar-refractivity contribution < 1.29 is 9.53 Å². The largest absolute Gasteiger partial charge is 0.457 e. The fourth-order valence-corrected chi connectivity index (χ4v) is 1.93. The molecule has 0 atom stereocenters. The van der Waals surface area contributed by atoms with Gasteiger partial charge in [0.15, 0.2) is 0 Å². The number of amides is 1. The third kappa shape index (κ3) is 3.03. The van der Waals surface area contributed by atoms with Crippen molar-refractivity contribution in [1.82, 2.24) is 0 Å². The molecule has 18 heavy (non-hydrogen) atoms. The van der Waals surface area contributed by atoms with E-state index in [1.807, 2.05) is 24.3 Å². The average molecular weight is 327 g/mol. The van der Waals surface area contributed by atoms with Crippen molar-refractivity contribution in [3.8, 4) is 11.5 Å². The Morgan fingerprint density at radius 1 is 1.11 bits per heavy atom. The molecule has 0 radical (unpaired) electrons. The normalized spacial score (nSPS) is 10.1. The third-order valence-corrected chi connectivity index (χ3v) is 3.10. The average Bonchev–Trinajstić information content (AvgIpc) is 2.32. The molecule has 0 aliphatic heterocycles. The second-order valence-corrected chi connectivity index (χ2v) is 4.88. The molecule has 1 amide bonds. The number of hydrogen-bond acceptors (Lipinski definition) is 2. The third-order valence-electron chi connectivity index (χ3n) is 2.26. The molecule has 0 aliphatic rings. The number of benzene rings is 2. The number of carbonyl (C=O) groups is 1. The van der Waals surface area contributed by atoms with Crippen LogP contribution in [0.25, 0.3) is 0 Å². The zero-order valence-corrected chi connectivity index (χ0v) is 11.5. The Bertz CT molecular complexity index is 584. The number of carbonyl (C=O) groups excluding carboxylic acids is 1. The van der Waals surface area contributed by atoms with Gasteiger partial charge < -0.3 is 10.5 Å². The molecule has 2 N–H and O–H groups in total. The highest BCUT2D eigenvalue weighted by Crippen LogP contribution is 2.27. The lowest BCUT2D eigenvalue weighted by molar-refractivity contribution is 0.100. The molecule has 92 valence electrons. The van der Waals surface area contributed by atoms with Crippen LogP contribution in [-0.2, 0) is 0 Å². The number of ether oxygens (including phenoxy) is 1. The van der Waals surface area contributed by atoms with E-state index in [-0.39, 0.29) is 10.6 Å². The molecule has 3 nitrogen and oxygen atoms in total. The van der Waals surface area contributed by atoms with Crippen LogP contribution in [-0.4, -0.2) is 5.91 Å². The molecule has 0 bridgehead atoms. The monoisotopic (exact) mass is 325 g/mol. The molecular weight excluding hydrogens is 318 g/mol. The van der Waals surface area contributed by atoms with Gasteiger partial charge in [-0.05, 0) is 36.4 Å². The first-order valence-electron chi connectivity index (χ1n) is 5.09. The molecule has 5 heteroatoms. The SMILES string of the molecule is NC(=O)c1ccc(Oc2ccc(Br)cc2)cc1Cl. The van der Waals surface area contributed by atoms with Gasteiger partial charge in [-0.15, -0.1) is 0 Å². The lowest BCUT2D eigenvalue weighted by Crippen LogP contribution is -2.11.